The van der Waals surface area contributed by atoms with Gasteiger partial charge in [0.25, 0.3) is 0 Å². The minimum absolute atomic E-state index is 0. The molecule has 2 aromatic rings. The largest absolute Gasteiger partial charge is 0.487 e. The number of carbonyl (C=O) groups excluding carboxylic acids is 1. The minimum atomic E-state index is -0.0811. The fourth-order valence-electron chi connectivity index (χ4n) is 4.54. The van der Waals surface area contributed by atoms with Crippen LogP contribution in [0.25, 0.3) is 0 Å². The number of aromatic nitrogens is 1. The second kappa shape index (κ2) is 11.0. The number of ether oxygens (including phenoxy) is 1. The molecule has 8 heteroatoms. The predicted molar refractivity (Wildman–Crippen MR) is 138 cm³/mol. The van der Waals surface area contributed by atoms with Gasteiger partial charge >= 0.3 is 0 Å². The highest BCUT2D eigenvalue weighted by atomic mass is 127. The van der Waals surface area contributed by atoms with Crippen molar-refractivity contribution in [1.29, 1.82) is 0 Å². The van der Waals surface area contributed by atoms with Gasteiger partial charge in [0, 0.05) is 37.7 Å². The van der Waals surface area contributed by atoms with E-state index in [1.807, 2.05) is 31.2 Å². The van der Waals surface area contributed by atoms with E-state index in [9.17, 15) is 4.79 Å². The van der Waals surface area contributed by atoms with Gasteiger partial charge in [0.2, 0.25) is 5.91 Å². The molecule has 1 amide bonds. The maximum atomic E-state index is 12.2. The number of benzene rings is 1. The van der Waals surface area contributed by atoms with E-state index in [2.05, 4.69) is 38.1 Å². The number of rotatable bonds is 5. The first-order valence-corrected chi connectivity index (χ1v) is 11.1. The zero-order chi connectivity index (χ0) is 21.7. The summed E-state index contributed by atoms with van der Waals surface area (Å²) in [6.45, 7) is 2.38. The molecular formula is C24H32IN5O2. The molecule has 1 spiro atoms. The van der Waals surface area contributed by atoms with Gasteiger partial charge in [-0.15, -0.1) is 24.0 Å². The van der Waals surface area contributed by atoms with Crippen LogP contribution in [0.1, 0.15) is 55.8 Å². The summed E-state index contributed by atoms with van der Waals surface area (Å²) in [4.78, 5) is 20.9. The number of aliphatic imine (C=N–C) groups is 1. The Morgan fingerprint density at radius 3 is 2.72 bits per heavy atom. The van der Waals surface area contributed by atoms with E-state index < -0.39 is 0 Å². The van der Waals surface area contributed by atoms with Gasteiger partial charge < -0.3 is 20.7 Å². The van der Waals surface area contributed by atoms with Gasteiger partial charge in [-0.05, 0) is 50.8 Å². The molecule has 1 unspecified atom stereocenters. The maximum Gasteiger partial charge on any atom is 0.227 e. The number of nitrogens with one attached hydrogen (secondary N) is 3. The van der Waals surface area contributed by atoms with Crippen LogP contribution < -0.4 is 20.7 Å². The molecule has 1 aromatic heterocycles. The lowest BCUT2D eigenvalue weighted by Gasteiger charge is -2.40. The zero-order valence-electron chi connectivity index (χ0n) is 18.7. The molecule has 1 atom stereocenters. The molecule has 1 aliphatic carbocycles. The highest BCUT2D eigenvalue weighted by Gasteiger charge is 2.43. The van der Waals surface area contributed by atoms with Crippen LogP contribution in [0.3, 0.4) is 0 Å². The Morgan fingerprint density at radius 2 is 1.97 bits per heavy atom. The molecule has 0 radical (unpaired) electrons. The SMILES string of the molecule is CN=C(NCCC(=O)Nc1cccc(C)n1)NC1CC2(CCCC2)Oc2ccccc21.I. The van der Waals surface area contributed by atoms with Crippen LogP contribution in [0, 0.1) is 6.92 Å². The summed E-state index contributed by atoms with van der Waals surface area (Å²) in [6.07, 6.45) is 5.87. The molecule has 2 heterocycles. The summed E-state index contributed by atoms with van der Waals surface area (Å²) in [7, 11) is 1.75. The monoisotopic (exact) mass is 549 g/mol. The maximum absolute atomic E-state index is 12.2. The average molecular weight is 549 g/mol. The highest BCUT2D eigenvalue weighted by Crippen LogP contribution is 2.46. The second-order valence-electron chi connectivity index (χ2n) is 8.39. The van der Waals surface area contributed by atoms with Crippen LogP contribution in [0.5, 0.6) is 5.75 Å². The summed E-state index contributed by atoms with van der Waals surface area (Å²) in [5.41, 5.74) is 1.95. The molecular weight excluding hydrogens is 517 g/mol. The Kier molecular flexibility index (Phi) is 8.33. The number of carbonyl (C=O) groups is 1. The van der Waals surface area contributed by atoms with Crippen molar-refractivity contribution in [3.8, 4) is 5.75 Å². The van der Waals surface area contributed by atoms with Gasteiger partial charge in [0.05, 0.1) is 6.04 Å². The van der Waals surface area contributed by atoms with Crippen molar-refractivity contribution in [2.75, 3.05) is 18.9 Å². The number of fused-ring (bicyclic) bond motifs is 1. The van der Waals surface area contributed by atoms with Crippen molar-refractivity contribution in [2.45, 2.75) is 57.1 Å². The van der Waals surface area contributed by atoms with E-state index >= 15 is 0 Å². The number of aryl methyl sites for hydroxylation is 1. The van der Waals surface area contributed by atoms with E-state index in [-0.39, 0.29) is 41.5 Å². The molecule has 4 rings (SSSR count). The molecule has 32 heavy (non-hydrogen) atoms. The first kappa shape index (κ1) is 24.3. The van der Waals surface area contributed by atoms with Gasteiger partial charge in [-0.2, -0.15) is 0 Å². The topological polar surface area (TPSA) is 87.6 Å². The molecule has 3 N–H and O–H groups in total. The summed E-state index contributed by atoms with van der Waals surface area (Å²) in [5.74, 6) is 2.15. The predicted octanol–water partition coefficient (Wildman–Crippen LogP) is 4.34. The molecule has 2 aliphatic rings. The van der Waals surface area contributed by atoms with Crippen LogP contribution in [-0.2, 0) is 4.79 Å². The van der Waals surface area contributed by atoms with Crippen molar-refractivity contribution in [1.82, 2.24) is 15.6 Å². The van der Waals surface area contributed by atoms with Crippen molar-refractivity contribution in [2.24, 2.45) is 4.99 Å². The first-order chi connectivity index (χ1) is 15.1. The smallest absolute Gasteiger partial charge is 0.227 e. The molecule has 1 fully saturated rings. The summed E-state index contributed by atoms with van der Waals surface area (Å²) >= 11 is 0. The third kappa shape index (κ3) is 5.90. The zero-order valence-corrected chi connectivity index (χ0v) is 21.0. The van der Waals surface area contributed by atoms with Crippen LogP contribution in [0.15, 0.2) is 47.5 Å². The standard InChI is InChI=1S/C24H31N5O2.HI/c1-17-8-7-11-21(27-17)29-22(30)12-15-26-23(25-2)28-19-16-24(13-5-6-14-24)31-20-10-4-3-9-18(19)20;/h3-4,7-11,19H,5-6,12-16H2,1-2H3,(H2,25,26,28)(H,27,29,30);1H. The van der Waals surface area contributed by atoms with Gasteiger partial charge in [-0.1, -0.05) is 24.3 Å². The molecule has 7 nitrogen and oxygen atoms in total. The Hall–Kier alpha value is -2.36. The molecule has 172 valence electrons. The van der Waals surface area contributed by atoms with E-state index in [4.69, 9.17) is 4.74 Å². The minimum Gasteiger partial charge on any atom is -0.487 e. The van der Waals surface area contributed by atoms with Crippen molar-refractivity contribution in [3.63, 3.8) is 0 Å². The first-order valence-electron chi connectivity index (χ1n) is 11.1. The van der Waals surface area contributed by atoms with E-state index in [0.717, 1.165) is 36.3 Å². The molecule has 0 bridgehead atoms. The quantitative estimate of drug-likeness (QED) is 0.294. The van der Waals surface area contributed by atoms with E-state index in [1.54, 1.807) is 13.1 Å². The lowest BCUT2D eigenvalue weighted by molar-refractivity contribution is -0.116. The lowest BCUT2D eigenvalue weighted by atomic mass is 9.86. The molecule has 1 aromatic carbocycles. The Morgan fingerprint density at radius 1 is 1.19 bits per heavy atom. The summed E-state index contributed by atoms with van der Waals surface area (Å²) in [5, 5.41) is 9.67. The van der Waals surface area contributed by atoms with Gasteiger partial charge in [-0.3, -0.25) is 9.79 Å². The third-order valence-electron chi connectivity index (χ3n) is 6.05. The summed E-state index contributed by atoms with van der Waals surface area (Å²) < 4.78 is 6.44. The van der Waals surface area contributed by atoms with Crippen LogP contribution in [0.4, 0.5) is 5.82 Å². The van der Waals surface area contributed by atoms with Gasteiger partial charge in [-0.25, -0.2) is 4.98 Å². The van der Waals surface area contributed by atoms with Crippen LogP contribution in [-0.4, -0.2) is 36.0 Å². The fourth-order valence-corrected chi connectivity index (χ4v) is 4.54. The normalized spacial score (nSPS) is 18.8. The molecule has 0 saturated heterocycles. The van der Waals surface area contributed by atoms with Gasteiger partial charge in [0.1, 0.15) is 17.2 Å². The number of para-hydroxylation sites is 1. The van der Waals surface area contributed by atoms with Gasteiger partial charge in [0.15, 0.2) is 5.96 Å². The number of amides is 1. The third-order valence-corrected chi connectivity index (χ3v) is 6.05. The number of halogens is 1. The number of hydrogen-bond acceptors (Lipinski definition) is 4. The number of anilines is 1. The molecule has 1 saturated carbocycles. The van der Waals surface area contributed by atoms with E-state index in [0.29, 0.717) is 24.7 Å². The van der Waals surface area contributed by atoms with Crippen molar-refractivity contribution in [3.05, 3.63) is 53.7 Å². The average Bonchev–Trinajstić information content (AvgIpc) is 3.20. The van der Waals surface area contributed by atoms with Crippen LogP contribution >= 0.6 is 24.0 Å². The Labute approximate surface area is 206 Å². The number of guanidine groups is 1. The molecule has 1 aliphatic heterocycles. The fraction of sp³-hybridized carbons (Fsp3) is 0.458. The van der Waals surface area contributed by atoms with Crippen molar-refractivity contribution >= 4 is 41.7 Å². The number of pyridine rings is 1. The number of nitrogens with zero attached hydrogens (tertiary/aromatic N) is 2. The second-order valence-corrected chi connectivity index (χ2v) is 8.39. The van der Waals surface area contributed by atoms with Crippen molar-refractivity contribution < 1.29 is 9.53 Å². The highest BCUT2D eigenvalue weighted by molar-refractivity contribution is 14.0. The van der Waals surface area contributed by atoms with Crippen LogP contribution in [0.2, 0.25) is 0 Å². The lowest BCUT2D eigenvalue weighted by Crippen LogP contribution is -2.47. The van der Waals surface area contributed by atoms with E-state index in [1.165, 1.54) is 12.8 Å². The summed E-state index contributed by atoms with van der Waals surface area (Å²) in [6, 6.07) is 13.9. The number of hydrogen-bond donors (Lipinski definition) is 3. The Bertz CT molecular complexity index is 959. The Balaban J connectivity index is 0.00000289.